The highest BCUT2D eigenvalue weighted by atomic mass is 19.1. The Labute approximate surface area is 221 Å². The van der Waals surface area contributed by atoms with E-state index in [1.165, 1.54) is 0 Å². The van der Waals surface area contributed by atoms with Gasteiger partial charge in [-0.25, -0.2) is 0 Å². The third kappa shape index (κ3) is 6.75. The van der Waals surface area contributed by atoms with E-state index in [-0.39, 0.29) is 12.5 Å². The molecule has 0 bridgehead atoms. The van der Waals surface area contributed by atoms with Crippen LogP contribution in [0.5, 0.6) is 5.75 Å². The molecule has 3 aromatic carbocycles. The van der Waals surface area contributed by atoms with Crippen LogP contribution in [0.1, 0.15) is 42.4 Å². The number of amides is 1. The number of carbonyl (C=O) groups is 1. The maximum atomic E-state index is 14.4. The fourth-order valence-corrected chi connectivity index (χ4v) is 4.36. The Kier molecular flexibility index (Phi) is 9.43. The molecule has 0 aliphatic carbocycles. The van der Waals surface area contributed by atoms with Crippen molar-refractivity contribution >= 4 is 28.0 Å². The van der Waals surface area contributed by atoms with E-state index in [1.807, 2.05) is 66.7 Å². The summed E-state index contributed by atoms with van der Waals surface area (Å²) in [7, 11) is 1.61. The number of halogens is 1. The van der Waals surface area contributed by atoms with Gasteiger partial charge in [-0.15, -0.1) is 0 Å². The van der Waals surface area contributed by atoms with Gasteiger partial charge in [0, 0.05) is 13.7 Å². The third-order valence-corrected chi connectivity index (χ3v) is 6.27. The van der Waals surface area contributed by atoms with Crippen molar-refractivity contribution in [2.45, 2.75) is 25.7 Å². The number of fused-ring (bicyclic) bond motifs is 1. The molecular weight excluding hydrogens is 481 g/mol. The molecule has 0 saturated carbocycles. The number of rotatable bonds is 12. The Bertz CT molecular complexity index is 1410. The van der Waals surface area contributed by atoms with Gasteiger partial charge < -0.3 is 15.2 Å². The van der Waals surface area contributed by atoms with Gasteiger partial charge in [0.15, 0.2) is 0 Å². The SMILES string of the molecule is CNC(=O)/C=C/CCCCOc1ccc(C(=C(CCO)c2ccccc2)c2ccc3n[nH]c(F)c3c2)cc1. The number of carbonyl (C=O) groups excluding carboxylic acids is 1. The van der Waals surface area contributed by atoms with Crippen LogP contribution in [-0.4, -0.2) is 41.5 Å². The molecule has 0 aliphatic heterocycles. The summed E-state index contributed by atoms with van der Waals surface area (Å²) in [5.74, 6) is 0.185. The predicted octanol–water partition coefficient (Wildman–Crippen LogP) is 5.89. The number of likely N-dealkylation sites (N-methyl/N-ethyl adjacent to an activating group) is 1. The van der Waals surface area contributed by atoms with Gasteiger partial charge in [-0.2, -0.15) is 9.49 Å². The quantitative estimate of drug-likeness (QED) is 0.125. The van der Waals surface area contributed by atoms with E-state index in [0.717, 1.165) is 52.8 Å². The number of nitrogens with one attached hydrogen (secondary N) is 2. The van der Waals surface area contributed by atoms with E-state index in [2.05, 4.69) is 15.5 Å². The summed E-state index contributed by atoms with van der Waals surface area (Å²) in [5.41, 5.74) is 5.21. The van der Waals surface area contributed by atoms with Crippen LogP contribution < -0.4 is 10.1 Å². The number of benzene rings is 3. The molecule has 0 spiro atoms. The topological polar surface area (TPSA) is 87.2 Å². The Morgan fingerprint density at radius 2 is 1.79 bits per heavy atom. The molecule has 0 saturated heterocycles. The number of nitrogens with zero attached hydrogens (tertiary/aromatic N) is 1. The van der Waals surface area contributed by atoms with Crippen LogP contribution in [-0.2, 0) is 4.79 Å². The highest BCUT2D eigenvalue weighted by molar-refractivity contribution is 6.00. The van der Waals surface area contributed by atoms with Crippen molar-refractivity contribution < 1.29 is 19.0 Å². The summed E-state index contributed by atoms with van der Waals surface area (Å²) in [6.45, 7) is 0.557. The first-order valence-corrected chi connectivity index (χ1v) is 12.8. The van der Waals surface area contributed by atoms with E-state index in [1.54, 1.807) is 25.3 Å². The van der Waals surface area contributed by atoms with E-state index < -0.39 is 5.95 Å². The lowest BCUT2D eigenvalue weighted by atomic mass is 9.87. The Morgan fingerprint density at radius 3 is 2.53 bits per heavy atom. The van der Waals surface area contributed by atoms with Gasteiger partial charge in [0.1, 0.15) is 5.75 Å². The molecular formula is C31H32FN3O3. The van der Waals surface area contributed by atoms with Gasteiger partial charge >= 0.3 is 0 Å². The number of unbranched alkanes of at least 4 members (excludes halogenated alkanes) is 2. The zero-order valence-electron chi connectivity index (χ0n) is 21.4. The molecule has 1 aromatic heterocycles. The van der Waals surface area contributed by atoms with Crippen LogP contribution in [0.25, 0.3) is 22.0 Å². The minimum Gasteiger partial charge on any atom is -0.494 e. The lowest BCUT2D eigenvalue weighted by Gasteiger charge is -2.17. The van der Waals surface area contributed by atoms with Crippen molar-refractivity contribution in [3.63, 3.8) is 0 Å². The van der Waals surface area contributed by atoms with Gasteiger partial charge in [0.25, 0.3) is 0 Å². The van der Waals surface area contributed by atoms with Crippen molar-refractivity contribution in [2.75, 3.05) is 20.3 Å². The Balaban J connectivity index is 1.58. The molecule has 0 radical (unpaired) electrons. The van der Waals surface area contributed by atoms with Crippen molar-refractivity contribution in [2.24, 2.45) is 0 Å². The van der Waals surface area contributed by atoms with E-state index in [9.17, 15) is 14.3 Å². The monoisotopic (exact) mass is 513 g/mol. The van der Waals surface area contributed by atoms with Crippen molar-refractivity contribution in [1.82, 2.24) is 15.5 Å². The lowest BCUT2D eigenvalue weighted by Crippen LogP contribution is -2.13. The minimum atomic E-state index is -0.475. The fourth-order valence-electron chi connectivity index (χ4n) is 4.36. The first-order chi connectivity index (χ1) is 18.6. The van der Waals surface area contributed by atoms with Crippen LogP contribution in [0.3, 0.4) is 0 Å². The number of ether oxygens (including phenoxy) is 1. The second-order valence-electron chi connectivity index (χ2n) is 8.85. The second-order valence-corrected chi connectivity index (χ2v) is 8.85. The first kappa shape index (κ1) is 26.8. The molecule has 0 unspecified atom stereocenters. The van der Waals surface area contributed by atoms with Crippen LogP contribution in [0.2, 0.25) is 0 Å². The van der Waals surface area contributed by atoms with Gasteiger partial charge in [-0.05, 0) is 83.9 Å². The molecule has 38 heavy (non-hydrogen) atoms. The predicted molar refractivity (Wildman–Crippen MR) is 149 cm³/mol. The molecule has 3 N–H and O–H groups in total. The highest BCUT2D eigenvalue weighted by Crippen LogP contribution is 2.36. The van der Waals surface area contributed by atoms with Crippen LogP contribution in [0.4, 0.5) is 4.39 Å². The van der Waals surface area contributed by atoms with Crippen molar-refractivity contribution in [1.29, 1.82) is 0 Å². The fraction of sp³-hybridized carbons (Fsp3) is 0.226. The molecule has 4 rings (SSSR count). The summed E-state index contributed by atoms with van der Waals surface area (Å²) in [4.78, 5) is 11.2. The maximum absolute atomic E-state index is 14.4. The Morgan fingerprint density at radius 1 is 1.03 bits per heavy atom. The molecule has 0 fully saturated rings. The van der Waals surface area contributed by atoms with Gasteiger partial charge in [0.05, 0.1) is 17.5 Å². The number of H-pyrrole nitrogens is 1. The van der Waals surface area contributed by atoms with Crippen LogP contribution >= 0.6 is 0 Å². The summed E-state index contributed by atoms with van der Waals surface area (Å²) in [6, 6.07) is 23.3. The molecule has 4 aromatic rings. The number of allylic oxidation sites excluding steroid dienone is 1. The molecule has 1 amide bonds. The number of hydrogen-bond donors (Lipinski definition) is 3. The summed E-state index contributed by atoms with van der Waals surface area (Å²) in [6.07, 6.45) is 6.47. The number of aliphatic hydroxyl groups excluding tert-OH is 1. The smallest absolute Gasteiger partial charge is 0.243 e. The lowest BCUT2D eigenvalue weighted by molar-refractivity contribution is -0.116. The Hall–Kier alpha value is -4.23. The number of hydrogen-bond acceptors (Lipinski definition) is 4. The number of aliphatic hydroxyl groups is 1. The summed E-state index contributed by atoms with van der Waals surface area (Å²) >= 11 is 0. The number of aromatic nitrogens is 2. The average molecular weight is 514 g/mol. The molecule has 7 heteroatoms. The minimum absolute atomic E-state index is 0.0183. The highest BCUT2D eigenvalue weighted by Gasteiger charge is 2.16. The average Bonchev–Trinajstić information content (AvgIpc) is 3.33. The van der Waals surface area contributed by atoms with E-state index >= 15 is 0 Å². The zero-order valence-corrected chi connectivity index (χ0v) is 21.4. The van der Waals surface area contributed by atoms with E-state index in [0.29, 0.717) is 23.9 Å². The van der Waals surface area contributed by atoms with Gasteiger partial charge in [0.2, 0.25) is 11.9 Å². The summed E-state index contributed by atoms with van der Waals surface area (Å²) < 4.78 is 20.3. The van der Waals surface area contributed by atoms with Gasteiger partial charge in [-0.3, -0.25) is 9.89 Å². The largest absolute Gasteiger partial charge is 0.494 e. The molecule has 6 nitrogen and oxygen atoms in total. The van der Waals surface area contributed by atoms with E-state index in [4.69, 9.17) is 4.74 Å². The zero-order chi connectivity index (χ0) is 26.7. The molecule has 0 aliphatic rings. The summed E-state index contributed by atoms with van der Waals surface area (Å²) in [5, 5.41) is 19.3. The van der Waals surface area contributed by atoms with Gasteiger partial charge in [-0.1, -0.05) is 54.6 Å². The first-order valence-electron chi connectivity index (χ1n) is 12.8. The van der Waals surface area contributed by atoms with Crippen molar-refractivity contribution in [3.8, 4) is 5.75 Å². The molecule has 196 valence electrons. The second kappa shape index (κ2) is 13.4. The van der Waals surface area contributed by atoms with Crippen LogP contribution in [0.15, 0.2) is 84.9 Å². The molecule has 1 heterocycles. The molecule has 0 atom stereocenters. The van der Waals surface area contributed by atoms with Crippen molar-refractivity contribution in [3.05, 3.63) is 108 Å². The normalized spacial score (nSPS) is 12.1. The third-order valence-electron chi connectivity index (χ3n) is 6.27. The maximum Gasteiger partial charge on any atom is 0.243 e. The number of aromatic amines is 1. The van der Waals surface area contributed by atoms with Crippen LogP contribution in [0, 0.1) is 5.95 Å². The standard InChI is InChI=1S/C31H32FN3O3/c1-33-29(37)11-7-2-3-8-20-38-25-15-12-23(13-16-25)30(26(18-19-36)22-9-5-4-6-10-22)24-14-17-28-27(21-24)31(32)35-34-28/h4-7,9-17,21,36H,2-3,8,18-20H2,1H3,(H,33,37)(H,34,35)/b11-7+,30-26?.